The van der Waals surface area contributed by atoms with Crippen molar-refractivity contribution in [3.63, 3.8) is 0 Å². The minimum absolute atomic E-state index is 0.0391. The topological polar surface area (TPSA) is 34.5 Å². The molecule has 0 spiro atoms. The van der Waals surface area contributed by atoms with Crippen molar-refractivity contribution in [2.45, 2.75) is 25.6 Å². The highest BCUT2D eigenvalue weighted by Crippen LogP contribution is 2.32. The lowest BCUT2D eigenvalue weighted by molar-refractivity contribution is -0.137. The molecule has 6 heteroatoms. The minimum Gasteiger partial charge on any atom is -0.475 e. The van der Waals surface area contributed by atoms with Crippen molar-refractivity contribution in [1.29, 1.82) is 0 Å². The van der Waals surface area contributed by atoms with Crippen LogP contribution in [0.5, 0.6) is 0 Å². The molecule has 0 bridgehead atoms. The van der Waals surface area contributed by atoms with Gasteiger partial charge in [0.1, 0.15) is 6.61 Å². The highest BCUT2D eigenvalue weighted by molar-refractivity contribution is 5.96. The minimum atomic E-state index is -4.42. The molecule has 2 rings (SSSR count). The number of aliphatic imine (C=N–C) groups is 1. The Labute approximate surface area is 96.3 Å². The smallest absolute Gasteiger partial charge is 0.417 e. The van der Waals surface area contributed by atoms with Crippen molar-refractivity contribution in [1.82, 2.24) is 4.98 Å². The van der Waals surface area contributed by atoms with Gasteiger partial charge in [-0.1, -0.05) is 6.92 Å². The molecule has 0 aliphatic carbocycles. The number of halogens is 3. The third-order valence-corrected chi connectivity index (χ3v) is 2.54. The molecule has 1 atom stereocenters. The van der Waals surface area contributed by atoms with Crippen LogP contribution in [-0.2, 0) is 10.9 Å². The summed E-state index contributed by atoms with van der Waals surface area (Å²) in [6, 6.07) is 0.867. The molecule has 1 unspecified atom stereocenters. The quantitative estimate of drug-likeness (QED) is 0.801. The summed E-state index contributed by atoms with van der Waals surface area (Å²) in [4.78, 5) is 7.80. The zero-order valence-corrected chi connectivity index (χ0v) is 9.16. The lowest BCUT2D eigenvalue weighted by Crippen LogP contribution is -2.14. The number of hydrogen-bond acceptors (Lipinski definition) is 3. The average Bonchev–Trinajstić information content (AvgIpc) is 2.76. The van der Waals surface area contributed by atoms with E-state index in [1.54, 1.807) is 0 Å². The van der Waals surface area contributed by atoms with Gasteiger partial charge >= 0.3 is 6.18 Å². The molecule has 17 heavy (non-hydrogen) atoms. The van der Waals surface area contributed by atoms with Crippen LogP contribution in [0.25, 0.3) is 0 Å². The van der Waals surface area contributed by atoms with Crippen LogP contribution in [0.15, 0.2) is 23.5 Å². The molecular formula is C11H11F3N2O. The normalized spacial score (nSPS) is 20.0. The van der Waals surface area contributed by atoms with Crippen molar-refractivity contribution in [3.8, 4) is 0 Å². The van der Waals surface area contributed by atoms with E-state index in [1.165, 1.54) is 0 Å². The Bertz CT molecular complexity index is 443. The molecule has 1 aliphatic rings. The van der Waals surface area contributed by atoms with Crippen LogP contribution >= 0.6 is 0 Å². The molecule has 1 aromatic heterocycles. The Morgan fingerprint density at radius 2 is 2.24 bits per heavy atom. The van der Waals surface area contributed by atoms with Gasteiger partial charge in [0.25, 0.3) is 0 Å². The number of ether oxygens (including phenoxy) is 1. The lowest BCUT2D eigenvalue weighted by atomic mass is 10.1. The molecule has 2 heterocycles. The van der Waals surface area contributed by atoms with Crippen LogP contribution in [0, 0.1) is 0 Å². The number of rotatable bonds is 2. The van der Waals surface area contributed by atoms with Crippen molar-refractivity contribution >= 4 is 5.90 Å². The molecule has 92 valence electrons. The number of pyridine rings is 1. The third-order valence-electron chi connectivity index (χ3n) is 2.54. The van der Waals surface area contributed by atoms with Crippen LogP contribution in [0.4, 0.5) is 13.2 Å². The molecule has 3 nitrogen and oxygen atoms in total. The molecule has 1 aromatic rings. The molecule has 0 radical (unpaired) electrons. The van der Waals surface area contributed by atoms with Gasteiger partial charge in [0.15, 0.2) is 0 Å². The summed E-state index contributed by atoms with van der Waals surface area (Å²) in [6.07, 6.45) is -1.43. The summed E-state index contributed by atoms with van der Waals surface area (Å²) < 4.78 is 43.4. The fourth-order valence-electron chi connectivity index (χ4n) is 1.58. The van der Waals surface area contributed by atoms with Crippen LogP contribution < -0.4 is 0 Å². The first-order valence-electron chi connectivity index (χ1n) is 5.24. The van der Waals surface area contributed by atoms with Gasteiger partial charge in [-0.3, -0.25) is 4.98 Å². The second-order valence-corrected chi connectivity index (χ2v) is 3.73. The first-order valence-corrected chi connectivity index (χ1v) is 5.24. The Hall–Kier alpha value is -1.59. The monoisotopic (exact) mass is 244 g/mol. The van der Waals surface area contributed by atoms with Crippen molar-refractivity contribution in [3.05, 3.63) is 29.6 Å². The van der Waals surface area contributed by atoms with Crippen LogP contribution in [0.2, 0.25) is 0 Å². The van der Waals surface area contributed by atoms with E-state index in [0.717, 1.165) is 24.9 Å². The second-order valence-electron chi connectivity index (χ2n) is 3.73. The molecule has 1 aliphatic heterocycles. The molecule has 0 saturated heterocycles. The number of aromatic nitrogens is 1. The maximum Gasteiger partial charge on any atom is 0.417 e. The summed E-state index contributed by atoms with van der Waals surface area (Å²) in [5, 5.41) is 0. The van der Waals surface area contributed by atoms with Gasteiger partial charge in [0, 0.05) is 12.4 Å². The maximum absolute atomic E-state index is 12.7. The van der Waals surface area contributed by atoms with Gasteiger partial charge in [-0.2, -0.15) is 13.2 Å². The third kappa shape index (κ3) is 2.40. The summed E-state index contributed by atoms with van der Waals surface area (Å²) >= 11 is 0. The highest BCUT2D eigenvalue weighted by atomic mass is 19.4. The molecule has 0 amide bonds. The van der Waals surface area contributed by atoms with E-state index in [0.29, 0.717) is 6.61 Å². The molecule has 0 aromatic carbocycles. The van der Waals surface area contributed by atoms with E-state index >= 15 is 0 Å². The van der Waals surface area contributed by atoms with Gasteiger partial charge in [0.2, 0.25) is 5.90 Å². The van der Waals surface area contributed by atoms with Gasteiger partial charge in [-0.05, 0) is 12.5 Å². The van der Waals surface area contributed by atoms with E-state index < -0.39 is 11.7 Å². The first-order chi connectivity index (χ1) is 8.02. The number of nitrogens with zero attached hydrogens (tertiary/aromatic N) is 2. The van der Waals surface area contributed by atoms with E-state index in [-0.39, 0.29) is 17.5 Å². The van der Waals surface area contributed by atoms with Crippen molar-refractivity contribution in [2.24, 2.45) is 4.99 Å². The molecule has 0 N–H and O–H groups in total. The van der Waals surface area contributed by atoms with Gasteiger partial charge < -0.3 is 4.74 Å². The van der Waals surface area contributed by atoms with Gasteiger partial charge in [-0.15, -0.1) is 0 Å². The number of hydrogen-bond donors (Lipinski definition) is 0. The SMILES string of the molecule is CCC1COC(c2cnccc2C(F)(F)F)=N1. The molecular weight excluding hydrogens is 233 g/mol. The lowest BCUT2D eigenvalue weighted by Gasteiger charge is -2.11. The highest BCUT2D eigenvalue weighted by Gasteiger charge is 2.36. The second kappa shape index (κ2) is 4.35. The Morgan fingerprint density at radius 3 is 2.82 bits per heavy atom. The van der Waals surface area contributed by atoms with Crippen LogP contribution in [-0.4, -0.2) is 23.5 Å². The van der Waals surface area contributed by atoms with Crippen LogP contribution in [0.1, 0.15) is 24.5 Å². The van der Waals surface area contributed by atoms with Crippen molar-refractivity contribution < 1.29 is 17.9 Å². The maximum atomic E-state index is 12.7. The summed E-state index contributed by atoms with van der Waals surface area (Å²) in [5.41, 5.74) is -0.848. The summed E-state index contributed by atoms with van der Waals surface area (Å²) in [6.45, 7) is 2.24. The van der Waals surface area contributed by atoms with E-state index in [9.17, 15) is 13.2 Å². The van der Waals surface area contributed by atoms with Gasteiger partial charge in [-0.25, -0.2) is 4.99 Å². The summed E-state index contributed by atoms with van der Waals surface area (Å²) in [7, 11) is 0. The first kappa shape index (κ1) is 11.9. The fraction of sp³-hybridized carbons (Fsp3) is 0.455. The van der Waals surface area contributed by atoms with Gasteiger partial charge in [0.05, 0.1) is 17.2 Å². The standard InChI is InChI=1S/C11H11F3N2O/c1-2-7-6-17-10(16-7)8-5-15-4-3-9(8)11(12,13)14/h3-5,7H,2,6H2,1H3. The largest absolute Gasteiger partial charge is 0.475 e. The average molecular weight is 244 g/mol. The molecule has 0 fully saturated rings. The zero-order chi connectivity index (χ0) is 12.5. The predicted octanol–water partition coefficient (Wildman–Crippen LogP) is 2.66. The fourth-order valence-corrected chi connectivity index (χ4v) is 1.58. The van der Waals surface area contributed by atoms with Crippen LogP contribution in [0.3, 0.4) is 0 Å². The Kier molecular flexibility index (Phi) is 3.04. The number of alkyl halides is 3. The van der Waals surface area contributed by atoms with E-state index in [1.807, 2.05) is 6.92 Å². The predicted molar refractivity (Wildman–Crippen MR) is 55.8 cm³/mol. The summed E-state index contributed by atoms with van der Waals surface area (Å²) in [5.74, 6) is 0.0391. The Morgan fingerprint density at radius 1 is 1.47 bits per heavy atom. The van der Waals surface area contributed by atoms with E-state index in [2.05, 4.69) is 9.98 Å². The Balaban J connectivity index is 2.40. The van der Waals surface area contributed by atoms with E-state index in [4.69, 9.17) is 4.74 Å². The molecule has 0 saturated carbocycles. The zero-order valence-electron chi connectivity index (χ0n) is 9.16. The van der Waals surface area contributed by atoms with Crippen molar-refractivity contribution in [2.75, 3.05) is 6.61 Å².